The molecule has 92 valence electrons. The SMILES string of the molecule is CC(C)C(C(=O)O)c1ccc([N+](=O)[O-])c(O)c1. The van der Waals surface area contributed by atoms with Crippen molar-refractivity contribution in [1.29, 1.82) is 0 Å². The van der Waals surface area contributed by atoms with Crippen LogP contribution in [0.2, 0.25) is 0 Å². The van der Waals surface area contributed by atoms with Crippen LogP contribution in [-0.4, -0.2) is 21.1 Å². The normalized spacial score (nSPS) is 12.4. The van der Waals surface area contributed by atoms with Crippen LogP contribution in [0.15, 0.2) is 18.2 Å². The average Bonchev–Trinajstić information content (AvgIpc) is 2.15. The highest BCUT2D eigenvalue weighted by atomic mass is 16.6. The molecule has 0 bridgehead atoms. The molecule has 0 amide bonds. The number of nitro benzene ring substituents is 1. The van der Waals surface area contributed by atoms with Crippen LogP contribution < -0.4 is 0 Å². The first-order valence-electron chi connectivity index (χ1n) is 5.04. The number of carboxylic acids is 1. The maximum atomic E-state index is 11.1. The second kappa shape index (κ2) is 4.82. The van der Waals surface area contributed by atoms with Crippen molar-refractivity contribution in [2.45, 2.75) is 19.8 Å². The number of carboxylic acid groups (broad SMARTS) is 1. The Morgan fingerprint density at radius 1 is 1.41 bits per heavy atom. The lowest BCUT2D eigenvalue weighted by atomic mass is 9.88. The van der Waals surface area contributed by atoms with E-state index in [1.54, 1.807) is 13.8 Å². The summed E-state index contributed by atoms with van der Waals surface area (Å²) in [5.41, 5.74) is -0.0720. The van der Waals surface area contributed by atoms with Crippen molar-refractivity contribution >= 4 is 11.7 Å². The minimum atomic E-state index is -1.02. The maximum Gasteiger partial charge on any atom is 0.311 e. The highest BCUT2D eigenvalue weighted by Crippen LogP contribution is 2.32. The summed E-state index contributed by atoms with van der Waals surface area (Å²) in [5.74, 6) is -2.50. The van der Waals surface area contributed by atoms with Crippen LogP contribution in [0.1, 0.15) is 25.3 Å². The molecule has 1 atom stereocenters. The molecule has 0 aliphatic rings. The van der Waals surface area contributed by atoms with Crippen molar-refractivity contribution in [3.05, 3.63) is 33.9 Å². The molecule has 0 aliphatic heterocycles. The molecule has 0 radical (unpaired) electrons. The number of rotatable bonds is 4. The molecule has 0 heterocycles. The van der Waals surface area contributed by atoms with Crippen LogP contribution in [0.25, 0.3) is 0 Å². The Balaban J connectivity index is 3.20. The number of phenolic OH excluding ortho intramolecular Hbond substituents is 1. The summed E-state index contributed by atoms with van der Waals surface area (Å²) >= 11 is 0. The van der Waals surface area contributed by atoms with E-state index in [0.29, 0.717) is 5.56 Å². The summed E-state index contributed by atoms with van der Waals surface area (Å²) in [6, 6.07) is 3.61. The number of benzene rings is 1. The van der Waals surface area contributed by atoms with E-state index >= 15 is 0 Å². The number of carbonyl (C=O) groups is 1. The zero-order chi connectivity index (χ0) is 13.2. The number of phenols is 1. The number of nitrogens with zero attached hydrogens (tertiary/aromatic N) is 1. The van der Waals surface area contributed by atoms with E-state index in [1.165, 1.54) is 6.07 Å². The third-order valence-corrected chi connectivity index (χ3v) is 2.49. The Morgan fingerprint density at radius 2 is 2.00 bits per heavy atom. The van der Waals surface area contributed by atoms with Gasteiger partial charge in [0.2, 0.25) is 0 Å². The Labute approximate surface area is 97.7 Å². The first-order valence-corrected chi connectivity index (χ1v) is 5.04. The van der Waals surface area contributed by atoms with E-state index in [9.17, 15) is 20.0 Å². The second-order valence-electron chi connectivity index (χ2n) is 4.07. The molecule has 0 saturated heterocycles. The van der Waals surface area contributed by atoms with Gasteiger partial charge in [-0.2, -0.15) is 0 Å². The van der Waals surface area contributed by atoms with Gasteiger partial charge in [0.05, 0.1) is 10.8 Å². The Hall–Kier alpha value is -2.11. The summed E-state index contributed by atoms with van der Waals surface area (Å²) in [4.78, 5) is 20.8. The van der Waals surface area contributed by atoms with Crippen molar-refractivity contribution in [2.24, 2.45) is 5.92 Å². The van der Waals surface area contributed by atoms with Crippen molar-refractivity contribution in [2.75, 3.05) is 0 Å². The van der Waals surface area contributed by atoms with E-state index in [1.807, 2.05) is 0 Å². The monoisotopic (exact) mass is 239 g/mol. The van der Waals surface area contributed by atoms with E-state index in [2.05, 4.69) is 0 Å². The zero-order valence-corrected chi connectivity index (χ0v) is 9.45. The van der Waals surface area contributed by atoms with Gasteiger partial charge in [0.1, 0.15) is 0 Å². The van der Waals surface area contributed by atoms with Gasteiger partial charge in [0.25, 0.3) is 0 Å². The molecule has 2 N–H and O–H groups in total. The molecule has 0 fully saturated rings. The lowest BCUT2D eigenvalue weighted by Crippen LogP contribution is -2.17. The summed E-state index contributed by atoms with van der Waals surface area (Å²) in [5, 5.41) is 29.0. The second-order valence-corrected chi connectivity index (χ2v) is 4.07. The number of nitro groups is 1. The minimum absolute atomic E-state index is 0.173. The fourth-order valence-corrected chi connectivity index (χ4v) is 1.70. The highest BCUT2D eigenvalue weighted by Gasteiger charge is 2.25. The topological polar surface area (TPSA) is 101 Å². The minimum Gasteiger partial charge on any atom is -0.502 e. The van der Waals surface area contributed by atoms with Crippen molar-refractivity contribution in [3.63, 3.8) is 0 Å². The fourth-order valence-electron chi connectivity index (χ4n) is 1.70. The molecular formula is C11H13NO5. The smallest absolute Gasteiger partial charge is 0.311 e. The Morgan fingerprint density at radius 3 is 2.35 bits per heavy atom. The van der Waals surface area contributed by atoms with E-state index in [0.717, 1.165) is 12.1 Å². The molecule has 1 aromatic carbocycles. The van der Waals surface area contributed by atoms with E-state index in [-0.39, 0.29) is 5.92 Å². The van der Waals surface area contributed by atoms with Gasteiger partial charge in [-0.05, 0) is 17.5 Å². The molecule has 0 saturated carbocycles. The zero-order valence-electron chi connectivity index (χ0n) is 9.45. The molecule has 17 heavy (non-hydrogen) atoms. The fraction of sp³-hybridized carbons (Fsp3) is 0.364. The number of aromatic hydroxyl groups is 1. The lowest BCUT2D eigenvalue weighted by Gasteiger charge is -2.16. The third kappa shape index (κ3) is 2.72. The molecular weight excluding hydrogens is 226 g/mol. The van der Waals surface area contributed by atoms with Crippen molar-refractivity contribution in [1.82, 2.24) is 0 Å². The van der Waals surface area contributed by atoms with Gasteiger partial charge in [-0.1, -0.05) is 19.9 Å². The number of hydrogen-bond donors (Lipinski definition) is 2. The van der Waals surface area contributed by atoms with Gasteiger partial charge >= 0.3 is 11.7 Å². The largest absolute Gasteiger partial charge is 0.502 e. The standard InChI is InChI=1S/C11H13NO5/c1-6(2)10(11(14)15)7-3-4-8(12(16)17)9(13)5-7/h3-6,10,13H,1-2H3,(H,14,15). The predicted molar refractivity (Wildman–Crippen MR) is 60.0 cm³/mol. The third-order valence-electron chi connectivity index (χ3n) is 2.49. The maximum absolute atomic E-state index is 11.1. The number of hydrogen-bond acceptors (Lipinski definition) is 4. The van der Waals surface area contributed by atoms with Crippen LogP contribution in [0.4, 0.5) is 5.69 Å². The summed E-state index contributed by atoms with van der Waals surface area (Å²) in [7, 11) is 0. The Bertz CT molecular complexity index is 455. The molecule has 0 spiro atoms. The highest BCUT2D eigenvalue weighted by molar-refractivity contribution is 5.77. The van der Waals surface area contributed by atoms with Gasteiger partial charge < -0.3 is 10.2 Å². The Kier molecular flexibility index (Phi) is 3.67. The average molecular weight is 239 g/mol. The lowest BCUT2D eigenvalue weighted by molar-refractivity contribution is -0.385. The summed E-state index contributed by atoms with van der Waals surface area (Å²) in [6.45, 7) is 3.47. The summed E-state index contributed by atoms with van der Waals surface area (Å²) in [6.07, 6.45) is 0. The van der Waals surface area contributed by atoms with Gasteiger partial charge in [-0.25, -0.2) is 0 Å². The predicted octanol–water partition coefficient (Wildman–Crippen LogP) is 2.12. The summed E-state index contributed by atoms with van der Waals surface area (Å²) < 4.78 is 0. The van der Waals surface area contributed by atoms with Gasteiger partial charge in [0.15, 0.2) is 5.75 Å². The van der Waals surface area contributed by atoms with Crippen molar-refractivity contribution < 1.29 is 19.9 Å². The van der Waals surface area contributed by atoms with Crippen LogP contribution >= 0.6 is 0 Å². The van der Waals surface area contributed by atoms with Crippen LogP contribution in [-0.2, 0) is 4.79 Å². The quantitative estimate of drug-likeness (QED) is 0.619. The molecule has 1 unspecified atom stereocenters. The van der Waals surface area contributed by atoms with E-state index < -0.39 is 28.2 Å². The van der Waals surface area contributed by atoms with Crippen LogP contribution in [0, 0.1) is 16.0 Å². The van der Waals surface area contributed by atoms with Crippen LogP contribution in [0.5, 0.6) is 5.75 Å². The molecule has 6 nitrogen and oxygen atoms in total. The van der Waals surface area contributed by atoms with Crippen LogP contribution in [0.3, 0.4) is 0 Å². The van der Waals surface area contributed by atoms with E-state index in [4.69, 9.17) is 5.11 Å². The van der Waals surface area contributed by atoms with Gasteiger partial charge in [0, 0.05) is 6.07 Å². The first-order chi connectivity index (χ1) is 7.84. The van der Waals surface area contributed by atoms with Gasteiger partial charge in [-0.15, -0.1) is 0 Å². The van der Waals surface area contributed by atoms with Crippen molar-refractivity contribution in [3.8, 4) is 5.75 Å². The number of aliphatic carboxylic acids is 1. The molecule has 1 aromatic rings. The molecule has 0 aromatic heterocycles. The van der Waals surface area contributed by atoms with Gasteiger partial charge in [-0.3, -0.25) is 14.9 Å². The molecule has 0 aliphatic carbocycles. The molecule has 6 heteroatoms. The first kappa shape index (κ1) is 13.0. The molecule has 1 rings (SSSR count).